The van der Waals surface area contributed by atoms with Gasteiger partial charge in [0.25, 0.3) is 5.95 Å². The van der Waals surface area contributed by atoms with E-state index in [0.717, 1.165) is 5.56 Å². The van der Waals surface area contributed by atoms with Crippen molar-refractivity contribution in [2.75, 3.05) is 7.11 Å². The molecule has 0 atom stereocenters. The van der Waals surface area contributed by atoms with Gasteiger partial charge in [0, 0.05) is 11.8 Å². The number of aliphatic imine (C=N–C) groups is 1. The maximum atomic E-state index is 9.86. The maximum absolute atomic E-state index is 9.86. The Morgan fingerprint density at radius 1 is 1.21 bits per heavy atom. The summed E-state index contributed by atoms with van der Waals surface area (Å²) >= 11 is 0. The topological polar surface area (TPSA) is 80.5 Å². The normalized spacial score (nSPS) is 10.9. The Bertz CT molecular complexity index is 626. The number of phenolic OH excluding ortho intramolecular Hbond substituents is 1. The van der Waals surface area contributed by atoms with Crippen molar-refractivity contribution in [3.05, 3.63) is 35.2 Å². The lowest BCUT2D eigenvalue weighted by Crippen LogP contribution is -1.97. The molecule has 0 aliphatic carbocycles. The Morgan fingerprint density at radius 3 is 2.74 bits per heavy atom. The zero-order valence-corrected chi connectivity index (χ0v) is 11.0. The van der Waals surface area contributed by atoms with Gasteiger partial charge in [0.05, 0.1) is 7.11 Å². The van der Waals surface area contributed by atoms with Crippen LogP contribution in [0, 0.1) is 13.8 Å². The van der Waals surface area contributed by atoms with Crippen LogP contribution in [0.25, 0.3) is 0 Å². The molecule has 1 heterocycles. The first kappa shape index (κ1) is 12.9. The van der Waals surface area contributed by atoms with Crippen LogP contribution in [0.4, 0.5) is 5.95 Å². The lowest BCUT2D eigenvalue weighted by molar-refractivity contribution is 0.377. The second kappa shape index (κ2) is 5.43. The minimum atomic E-state index is 0.198. The van der Waals surface area contributed by atoms with Crippen molar-refractivity contribution in [2.24, 2.45) is 4.99 Å². The summed E-state index contributed by atoms with van der Waals surface area (Å²) in [5.74, 6) is 0.960. The predicted molar refractivity (Wildman–Crippen MR) is 71.2 cm³/mol. The standard InChI is InChI=1S/C13H14N4O2/c1-8-5-4-6-10(11(8)18)7-14-12-15-9(2)16-13(17-12)19-3/h4-7,18H,1-3H3/b14-7+. The molecule has 1 aromatic carbocycles. The minimum absolute atomic E-state index is 0.198. The summed E-state index contributed by atoms with van der Waals surface area (Å²) in [4.78, 5) is 16.2. The summed E-state index contributed by atoms with van der Waals surface area (Å²) in [5, 5.41) is 9.86. The van der Waals surface area contributed by atoms with Gasteiger partial charge >= 0.3 is 6.01 Å². The average molecular weight is 258 g/mol. The second-order valence-corrected chi connectivity index (χ2v) is 3.94. The van der Waals surface area contributed by atoms with Crippen LogP contribution >= 0.6 is 0 Å². The summed E-state index contributed by atoms with van der Waals surface area (Å²) in [6.45, 7) is 3.55. The highest BCUT2D eigenvalue weighted by Crippen LogP contribution is 2.20. The van der Waals surface area contributed by atoms with E-state index in [1.54, 1.807) is 13.0 Å². The average Bonchev–Trinajstić information content (AvgIpc) is 2.40. The molecule has 0 radical (unpaired) electrons. The zero-order valence-electron chi connectivity index (χ0n) is 11.0. The molecule has 1 N–H and O–H groups in total. The molecule has 0 bridgehead atoms. The third-order valence-electron chi connectivity index (χ3n) is 2.49. The van der Waals surface area contributed by atoms with Crippen LogP contribution in [0.15, 0.2) is 23.2 Å². The first-order chi connectivity index (χ1) is 9.10. The Balaban J connectivity index is 2.32. The smallest absolute Gasteiger partial charge is 0.321 e. The lowest BCUT2D eigenvalue weighted by atomic mass is 10.1. The maximum Gasteiger partial charge on any atom is 0.321 e. The third-order valence-corrected chi connectivity index (χ3v) is 2.49. The van der Waals surface area contributed by atoms with Crippen LogP contribution in [0.1, 0.15) is 17.0 Å². The molecule has 0 aliphatic heterocycles. The van der Waals surface area contributed by atoms with Gasteiger partial charge in [-0.15, -0.1) is 0 Å². The van der Waals surface area contributed by atoms with Gasteiger partial charge in [-0.1, -0.05) is 12.1 Å². The van der Waals surface area contributed by atoms with Crippen molar-refractivity contribution < 1.29 is 9.84 Å². The first-order valence-corrected chi connectivity index (χ1v) is 5.69. The minimum Gasteiger partial charge on any atom is -0.507 e. The van der Waals surface area contributed by atoms with Crippen LogP contribution in [0.3, 0.4) is 0 Å². The molecular formula is C13H14N4O2. The van der Waals surface area contributed by atoms with E-state index in [9.17, 15) is 5.11 Å². The van der Waals surface area contributed by atoms with E-state index in [1.807, 2.05) is 19.1 Å². The van der Waals surface area contributed by atoms with Crippen LogP contribution in [-0.2, 0) is 0 Å². The van der Waals surface area contributed by atoms with Gasteiger partial charge in [0.1, 0.15) is 11.6 Å². The number of aryl methyl sites for hydroxylation is 2. The molecule has 0 aliphatic rings. The Labute approximate surface area is 110 Å². The molecule has 0 fully saturated rings. The number of benzene rings is 1. The molecule has 0 unspecified atom stereocenters. The Hall–Kier alpha value is -2.50. The summed E-state index contributed by atoms with van der Waals surface area (Å²) < 4.78 is 4.95. The molecule has 1 aromatic heterocycles. The number of rotatable bonds is 3. The van der Waals surface area contributed by atoms with E-state index < -0.39 is 0 Å². The van der Waals surface area contributed by atoms with Gasteiger partial charge in [-0.2, -0.15) is 15.0 Å². The van der Waals surface area contributed by atoms with E-state index in [4.69, 9.17) is 4.74 Å². The summed E-state index contributed by atoms with van der Waals surface area (Å²) in [6, 6.07) is 5.64. The van der Waals surface area contributed by atoms with Crippen molar-refractivity contribution in [3.63, 3.8) is 0 Å². The number of ether oxygens (including phenoxy) is 1. The number of methoxy groups -OCH3 is 1. The molecule has 6 heteroatoms. The fraction of sp³-hybridized carbons (Fsp3) is 0.231. The molecule has 19 heavy (non-hydrogen) atoms. The highest BCUT2D eigenvalue weighted by atomic mass is 16.5. The van der Waals surface area contributed by atoms with Gasteiger partial charge in [0.15, 0.2) is 0 Å². The van der Waals surface area contributed by atoms with Gasteiger partial charge < -0.3 is 9.84 Å². The van der Waals surface area contributed by atoms with Crippen molar-refractivity contribution in [1.82, 2.24) is 15.0 Å². The number of nitrogens with zero attached hydrogens (tertiary/aromatic N) is 4. The van der Waals surface area contributed by atoms with Crippen molar-refractivity contribution in [2.45, 2.75) is 13.8 Å². The fourth-order valence-electron chi connectivity index (χ4n) is 1.51. The molecule has 98 valence electrons. The van der Waals surface area contributed by atoms with Gasteiger partial charge in [-0.05, 0) is 25.5 Å². The molecule has 0 saturated heterocycles. The number of para-hydroxylation sites is 1. The van der Waals surface area contributed by atoms with Crippen LogP contribution in [0.2, 0.25) is 0 Å². The van der Waals surface area contributed by atoms with Gasteiger partial charge in [-0.25, -0.2) is 4.99 Å². The number of phenols is 1. The predicted octanol–water partition coefficient (Wildman–Crippen LogP) is 1.95. The van der Waals surface area contributed by atoms with Crippen LogP contribution in [0.5, 0.6) is 11.8 Å². The molecule has 0 saturated carbocycles. The monoisotopic (exact) mass is 258 g/mol. The molecular weight excluding hydrogens is 244 g/mol. The molecule has 2 rings (SSSR count). The summed E-state index contributed by atoms with van der Waals surface area (Å²) in [7, 11) is 1.48. The lowest BCUT2D eigenvalue weighted by Gasteiger charge is -2.02. The van der Waals surface area contributed by atoms with E-state index in [1.165, 1.54) is 13.3 Å². The highest BCUT2D eigenvalue weighted by Gasteiger charge is 2.03. The van der Waals surface area contributed by atoms with Gasteiger partial charge in [-0.3, -0.25) is 0 Å². The van der Waals surface area contributed by atoms with Crippen molar-refractivity contribution in [3.8, 4) is 11.8 Å². The number of hydrogen-bond acceptors (Lipinski definition) is 6. The molecule has 6 nitrogen and oxygen atoms in total. The largest absolute Gasteiger partial charge is 0.507 e. The summed E-state index contributed by atoms with van der Waals surface area (Å²) in [6.07, 6.45) is 1.51. The second-order valence-electron chi connectivity index (χ2n) is 3.94. The molecule has 0 spiro atoms. The Morgan fingerprint density at radius 2 is 2.00 bits per heavy atom. The first-order valence-electron chi connectivity index (χ1n) is 5.69. The van der Waals surface area contributed by atoms with Crippen molar-refractivity contribution >= 4 is 12.2 Å². The third kappa shape index (κ3) is 3.04. The van der Waals surface area contributed by atoms with Crippen LogP contribution < -0.4 is 4.74 Å². The van der Waals surface area contributed by atoms with E-state index in [0.29, 0.717) is 11.4 Å². The molecule has 2 aromatic rings. The van der Waals surface area contributed by atoms with E-state index in [2.05, 4.69) is 19.9 Å². The Kier molecular flexibility index (Phi) is 3.70. The van der Waals surface area contributed by atoms with E-state index >= 15 is 0 Å². The fourth-order valence-corrected chi connectivity index (χ4v) is 1.51. The van der Waals surface area contributed by atoms with Gasteiger partial charge in [0.2, 0.25) is 0 Å². The number of aromatic nitrogens is 3. The SMILES string of the molecule is COc1nc(C)nc(/N=C/c2cccc(C)c2O)n1. The molecule has 0 amide bonds. The summed E-state index contributed by atoms with van der Waals surface area (Å²) in [5.41, 5.74) is 1.39. The number of hydrogen-bond donors (Lipinski definition) is 1. The number of aromatic hydroxyl groups is 1. The van der Waals surface area contributed by atoms with Crippen LogP contribution in [-0.4, -0.2) is 33.4 Å². The highest BCUT2D eigenvalue weighted by molar-refractivity contribution is 5.85. The van der Waals surface area contributed by atoms with Crippen molar-refractivity contribution in [1.29, 1.82) is 0 Å². The quantitative estimate of drug-likeness (QED) is 0.851. The zero-order chi connectivity index (χ0) is 13.8. The van der Waals surface area contributed by atoms with E-state index in [-0.39, 0.29) is 17.7 Å².